The zero-order valence-electron chi connectivity index (χ0n) is 22.0. The van der Waals surface area contributed by atoms with Gasteiger partial charge in [-0.15, -0.1) is 0 Å². The van der Waals surface area contributed by atoms with Crippen LogP contribution in [0.1, 0.15) is 60.9 Å². The topological polar surface area (TPSA) is 136 Å². The molecule has 1 aliphatic rings. The molecular formula is C27H30B2N4O5. The van der Waals surface area contributed by atoms with Gasteiger partial charge < -0.3 is 20.3 Å². The van der Waals surface area contributed by atoms with E-state index in [4.69, 9.17) is 30.9 Å². The number of pyridine rings is 1. The summed E-state index contributed by atoms with van der Waals surface area (Å²) < 4.78 is 5.64. The lowest BCUT2D eigenvalue weighted by atomic mass is 9.66. The van der Waals surface area contributed by atoms with E-state index in [-0.39, 0.29) is 29.7 Å². The van der Waals surface area contributed by atoms with Crippen LogP contribution in [-0.4, -0.2) is 67.2 Å². The summed E-state index contributed by atoms with van der Waals surface area (Å²) in [6, 6.07) is 7.17. The summed E-state index contributed by atoms with van der Waals surface area (Å²) in [6.45, 7) is 5.69. The summed E-state index contributed by atoms with van der Waals surface area (Å²) in [4.78, 5) is 30.6. The van der Waals surface area contributed by atoms with Gasteiger partial charge in [0.1, 0.15) is 33.3 Å². The third kappa shape index (κ3) is 7.17. The fourth-order valence-corrected chi connectivity index (χ4v) is 3.92. The molecule has 38 heavy (non-hydrogen) atoms. The normalized spacial score (nSPS) is 13.6. The summed E-state index contributed by atoms with van der Waals surface area (Å²) in [5.41, 5.74) is 4.10. The number of aliphatic carboxylic acids is 1. The van der Waals surface area contributed by atoms with Crippen LogP contribution in [-0.2, 0) is 14.3 Å². The maximum Gasteiger partial charge on any atom is 0.308 e. The number of carbonyl (C=O) groups excluding carboxylic acids is 1. The summed E-state index contributed by atoms with van der Waals surface area (Å²) in [5, 5.41) is 27.9. The van der Waals surface area contributed by atoms with Crippen molar-refractivity contribution < 1.29 is 24.5 Å². The predicted molar refractivity (Wildman–Crippen MR) is 147 cm³/mol. The number of nitrogens with one attached hydrogen (secondary N) is 2. The first-order valence-electron chi connectivity index (χ1n) is 12.3. The Morgan fingerprint density at radius 1 is 1.29 bits per heavy atom. The first-order chi connectivity index (χ1) is 17.8. The van der Waals surface area contributed by atoms with Crippen molar-refractivity contribution in [2.75, 3.05) is 17.3 Å². The van der Waals surface area contributed by atoms with Crippen LogP contribution in [0.25, 0.3) is 0 Å². The molecule has 1 atom stereocenters. The van der Waals surface area contributed by atoms with Crippen LogP contribution in [0.3, 0.4) is 0 Å². The van der Waals surface area contributed by atoms with Gasteiger partial charge in [-0.25, -0.2) is 4.98 Å². The minimum Gasteiger partial charge on any atom is -0.481 e. The van der Waals surface area contributed by atoms with Gasteiger partial charge in [-0.05, 0) is 79.8 Å². The van der Waals surface area contributed by atoms with E-state index in [9.17, 15) is 14.7 Å². The van der Waals surface area contributed by atoms with Gasteiger partial charge in [-0.2, -0.15) is 0 Å². The third-order valence-corrected chi connectivity index (χ3v) is 6.21. The molecule has 0 spiro atoms. The molecule has 1 fully saturated rings. The fraction of sp³-hybridized carbons (Fsp3) is 0.407. The first-order valence-corrected chi connectivity index (χ1v) is 12.3. The van der Waals surface area contributed by atoms with Crippen LogP contribution in [0.5, 0.6) is 0 Å². The monoisotopic (exact) mass is 512 g/mol. The van der Waals surface area contributed by atoms with Crippen LogP contribution in [0.15, 0.2) is 24.3 Å². The highest BCUT2D eigenvalue weighted by Gasteiger charge is 2.32. The highest BCUT2D eigenvalue weighted by molar-refractivity contribution is 6.41. The Labute approximate surface area is 225 Å². The van der Waals surface area contributed by atoms with Crippen LogP contribution in [0, 0.1) is 31.1 Å². The van der Waals surface area contributed by atoms with Gasteiger partial charge in [-0.1, -0.05) is 18.9 Å². The van der Waals surface area contributed by atoms with E-state index >= 15 is 0 Å². The van der Waals surface area contributed by atoms with Crippen molar-refractivity contribution in [2.45, 2.75) is 63.9 Å². The number of aromatic nitrogens is 1. The number of anilines is 3. The maximum absolute atomic E-state index is 13.5. The second kappa shape index (κ2) is 11.7. The molecule has 11 heteroatoms. The van der Waals surface area contributed by atoms with Crippen molar-refractivity contribution in [3.05, 3.63) is 46.6 Å². The van der Waals surface area contributed by atoms with E-state index in [1.165, 1.54) is 4.90 Å². The van der Waals surface area contributed by atoms with E-state index in [0.29, 0.717) is 17.8 Å². The Morgan fingerprint density at radius 3 is 2.50 bits per heavy atom. The Bertz CT molecular complexity index is 1310. The van der Waals surface area contributed by atoms with Crippen molar-refractivity contribution in [1.29, 1.82) is 5.41 Å². The number of carbonyl (C=O) groups is 2. The summed E-state index contributed by atoms with van der Waals surface area (Å²) in [6.07, 6.45) is 1.32. The Hall–Kier alpha value is -3.77. The second-order valence-corrected chi connectivity index (χ2v) is 9.38. The molecule has 4 N–H and O–H groups in total. The lowest BCUT2D eigenvalue weighted by molar-refractivity contribution is -0.139. The number of aryl methyl sites for hydroxylation is 2. The minimum atomic E-state index is -2.37. The molecule has 2 aromatic rings. The molecule has 0 saturated heterocycles. The highest BCUT2D eigenvalue weighted by atomic mass is 16.5. The molecule has 1 aromatic carbocycles. The van der Waals surface area contributed by atoms with E-state index in [0.717, 1.165) is 29.5 Å². The Balaban J connectivity index is 2.16. The van der Waals surface area contributed by atoms with Gasteiger partial charge in [0.15, 0.2) is 0 Å². The standard InChI is InChI=1S/C27H30B2N4O5/c1-5-18(14-24(35)36)38-26(30)25-20(31-4)8-9-22(32-25)33(23(34)10-11-27(28,29)37)21-13-16(3)15(2)12-19(21)17-6-7-17/h8-9,12-13,17-18,30-31,37H,5-7,14H2,1-4H3,(H,35,36). The van der Waals surface area contributed by atoms with Gasteiger partial charge in [0.2, 0.25) is 5.90 Å². The number of carboxylic acid groups (broad SMARTS) is 1. The van der Waals surface area contributed by atoms with Crippen LogP contribution in [0.2, 0.25) is 0 Å². The predicted octanol–water partition coefficient (Wildman–Crippen LogP) is 2.86. The number of hydrogen-bond donors (Lipinski definition) is 4. The molecule has 1 aliphatic carbocycles. The van der Waals surface area contributed by atoms with Crippen molar-refractivity contribution >= 4 is 50.7 Å². The summed E-state index contributed by atoms with van der Waals surface area (Å²) in [7, 11) is 12.4. The van der Waals surface area contributed by atoms with Crippen molar-refractivity contribution in [3.63, 3.8) is 0 Å². The van der Waals surface area contributed by atoms with Crippen molar-refractivity contribution in [3.8, 4) is 11.8 Å². The van der Waals surface area contributed by atoms with Gasteiger partial charge >= 0.3 is 11.9 Å². The average molecular weight is 512 g/mol. The Morgan fingerprint density at radius 2 is 1.95 bits per heavy atom. The third-order valence-electron chi connectivity index (χ3n) is 6.21. The van der Waals surface area contributed by atoms with Crippen LogP contribution < -0.4 is 10.2 Å². The number of ether oxygens (including phenoxy) is 1. The molecular weight excluding hydrogens is 482 g/mol. The van der Waals surface area contributed by atoms with E-state index in [1.54, 1.807) is 26.1 Å². The number of aliphatic hydroxyl groups is 1. The molecule has 3 rings (SSSR count). The lowest BCUT2D eigenvalue weighted by Crippen LogP contribution is -2.30. The van der Waals surface area contributed by atoms with Crippen LogP contribution >= 0.6 is 0 Å². The molecule has 1 saturated carbocycles. The number of hydrogen-bond acceptors (Lipinski definition) is 7. The minimum absolute atomic E-state index is 0.0885. The van der Waals surface area contributed by atoms with Gasteiger partial charge in [-0.3, -0.25) is 19.9 Å². The SMILES string of the molecule is [B]C([B])(O)C#CC(=O)N(c1ccc(NC)c(C(=N)OC(CC)CC(=O)O)n1)c1cc(C)c(C)cc1C1CC1. The first kappa shape index (κ1) is 28.8. The number of carboxylic acids is 1. The quantitative estimate of drug-likeness (QED) is 0.176. The molecule has 194 valence electrons. The molecule has 0 bridgehead atoms. The number of benzene rings is 1. The van der Waals surface area contributed by atoms with Gasteiger partial charge in [0, 0.05) is 12.4 Å². The molecule has 1 amide bonds. The number of nitrogens with zero attached hydrogens (tertiary/aromatic N) is 2. The molecule has 4 radical (unpaired) electrons. The number of amides is 1. The van der Waals surface area contributed by atoms with Gasteiger partial charge in [0.05, 0.1) is 17.8 Å². The summed E-state index contributed by atoms with van der Waals surface area (Å²) >= 11 is 0. The van der Waals surface area contributed by atoms with Crippen molar-refractivity contribution in [2.24, 2.45) is 0 Å². The fourth-order valence-electron chi connectivity index (χ4n) is 3.92. The van der Waals surface area contributed by atoms with Crippen LogP contribution in [0.4, 0.5) is 17.2 Å². The zero-order chi connectivity index (χ0) is 28.2. The second-order valence-electron chi connectivity index (χ2n) is 9.38. The largest absolute Gasteiger partial charge is 0.481 e. The number of rotatable bonds is 9. The zero-order valence-corrected chi connectivity index (χ0v) is 22.0. The highest BCUT2D eigenvalue weighted by Crippen LogP contribution is 2.46. The van der Waals surface area contributed by atoms with E-state index < -0.39 is 23.4 Å². The van der Waals surface area contributed by atoms with E-state index in [1.807, 2.05) is 26.0 Å². The summed E-state index contributed by atoms with van der Waals surface area (Å²) in [5.74, 6) is 2.77. The average Bonchev–Trinajstić information content (AvgIpc) is 3.69. The molecule has 0 aliphatic heterocycles. The molecule has 9 nitrogen and oxygen atoms in total. The maximum atomic E-state index is 13.5. The smallest absolute Gasteiger partial charge is 0.308 e. The van der Waals surface area contributed by atoms with Gasteiger partial charge in [0.25, 0.3) is 0 Å². The Kier molecular flexibility index (Phi) is 8.89. The molecule has 1 unspecified atom stereocenters. The molecule has 1 aromatic heterocycles. The van der Waals surface area contributed by atoms with E-state index in [2.05, 4.69) is 22.1 Å². The molecule has 1 heterocycles. The lowest BCUT2D eigenvalue weighted by Gasteiger charge is -2.25. The van der Waals surface area contributed by atoms with Crippen molar-refractivity contribution in [1.82, 2.24) is 4.98 Å².